The van der Waals surface area contributed by atoms with Crippen LogP contribution < -0.4 is 0 Å². The fourth-order valence-electron chi connectivity index (χ4n) is 1.09. The van der Waals surface area contributed by atoms with Crippen LogP contribution in [0, 0.1) is 0 Å². The molecule has 0 amide bonds. The summed E-state index contributed by atoms with van der Waals surface area (Å²) in [4.78, 5) is 12.5. The third-order valence-electron chi connectivity index (χ3n) is 1.98. The Labute approximate surface area is 114 Å². The predicted molar refractivity (Wildman–Crippen MR) is 74.2 cm³/mol. The summed E-state index contributed by atoms with van der Waals surface area (Å²) in [5, 5.41) is 0. The Morgan fingerprint density at radius 3 is 2.59 bits per heavy atom. The lowest BCUT2D eigenvalue weighted by Gasteiger charge is -2.03. The van der Waals surface area contributed by atoms with E-state index in [1.807, 2.05) is 24.3 Å². The van der Waals surface area contributed by atoms with Crippen LogP contribution in [0.1, 0.15) is 6.42 Å². The number of Topliss-reactive ketones (excluding diaryl/α,β-unsaturated/α-hetero) is 1. The summed E-state index contributed by atoms with van der Waals surface area (Å²) in [6.07, 6.45) is 1.23. The summed E-state index contributed by atoms with van der Waals surface area (Å²) in [6.45, 7) is 0. The zero-order chi connectivity index (χ0) is 12.9. The summed E-state index contributed by atoms with van der Waals surface area (Å²) in [6, 6.07) is 7.62. The van der Waals surface area contributed by atoms with Gasteiger partial charge in [-0.2, -0.15) is 0 Å². The third-order valence-corrected chi connectivity index (χ3v) is 5.01. The van der Waals surface area contributed by atoms with E-state index in [0.717, 1.165) is 15.6 Å². The molecular formula is C11H13BrO3S2. The smallest absolute Gasteiger partial charge is 0.147 e. The van der Waals surface area contributed by atoms with Gasteiger partial charge in [-0.1, -0.05) is 12.1 Å². The molecule has 17 heavy (non-hydrogen) atoms. The molecule has 0 aliphatic rings. The van der Waals surface area contributed by atoms with Crippen LogP contribution in [0.4, 0.5) is 0 Å². The Hall–Kier alpha value is -0.330. The van der Waals surface area contributed by atoms with Crippen molar-refractivity contribution in [1.29, 1.82) is 0 Å². The second kappa shape index (κ2) is 6.56. The second-order valence-electron chi connectivity index (χ2n) is 3.64. The molecular weight excluding hydrogens is 324 g/mol. The standard InChI is InChI=1S/C11H13BrO3S2/c1-17(14,15)7-6-9(13)8-16-11-5-3-2-4-10(11)12/h2-5H,6-8H2,1H3. The van der Waals surface area contributed by atoms with Gasteiger partial charge in [0.25, 0.3) is 0 Å². The number of carbonyl (C=O) groups excluding carboxylic acids is 1. The Bertz CT molecular complexity index is 497. The molecule has 0 heterocycles. The van der Waals surface area contributed by atoms with E-state index in [1.165, 1.54) is 11.8 Å². The van der Waals surface area contributed by atoms with Gasteiger partial charge in [0.05, 0.1) is 11.5 Å². The first kappa shape index (κ1) is 14.7. The Balaban J connectivity index is 2.42. The van der Waals surface area contributed by atoms with E-state index >= 15 is 0 Å². The van der Waals surface area contributed by atoms with Gasteiger partial charge in [-0.3, -0.25) is 4.79 Å². The van der Waals surface area contributed by atoms with Gasteiger partial charge in [-0.25, -0.2) is 8.42 Å². The van der Waals surface area contributed by atoms with Crippen LogP contribution in [0.5, 0.6) is 0 Å². The minimum Gasteiger partial charge on any atom is -0.299 e. The SMILES string of the molecule is CS(=O)(=O)CCC(=O)CSc1ccccc1Br. The summed E-state index contributed by atoms with van der Waals surface area (Å²) < 4.78 is 22.7. The Morgan fingerprint density at radius 1 is 1.35 bits per heavy atom. The summed E-state index contributed by atoms with van der Waals surface area (Å²) >= 11 is 4.80. The number of benzene rings is 1. The molecule has 6 heteroatoms. The molecule has 1 aromatic rings. The first-order valence-corrected chi connectivity index (χ1v) is 8.79. The number of rotatable bonds is 6. The molecule has 0 saturated carbocycles. The predicted octanol–water partition coefficient (Wildman–Crippen LogP) is 2.55. The second-order valence-corrected chi connectivity index (χ2v) is 7.77. The zero-order valence-corrected chi connectivity index (χ0v) is 12.6. The van der Waals surface area contributed by atoms with Crippen molar-refractivity contribution in [2.75, 3.05) is 17.8 Å². The maximum Gasteiger partial charge on any atom is 0.147 e. The molecule has 94 valence electrons. The highest BCUT2D eigenvalue weighted by atomic mass is 79.9. The lowest BCUT2D eigenvalue weighted by molar-refractivity contribution is -0.116. The van der Waals surface area contributed by atoms with Gasteiger partial charge in [-0.05, 0) is 28.1 Å². The molecule has 0 atom stereocenters. The number of carbonyl (C=O) groups is 1. The summed E-state index contributed by atoms with van der Waals surface area (Å²) in [7, 11) is -3.05. The van der Waals surface area contributed by atoms with Crippen LogP contribution in [0.25, 0.3) is 0 Å². The summed E-state index contributed by atoms with van der Waals surface area (Å²) in [5.74, 6) is 0.191. The number of ketones is 1. The van der Waals surface area contributed by atoms with Crippen LogP contribution in [0.3, 0.4) is 0 Å². The molecule has 0 saturated heterocycles. The zero-order valence-electron chi connectivity index (χ0n) is 9.35. The molecule has 0 aliphatic heterocycles. The normalized spacial score (nSPS) is 11.4. The fourth-order valence-corrected chi connectivity index (χ4v) is 3.16. The quantitative estimate of drug-likeness (QED) is 0.749. The van der Waals surface area contributed by atoms with Gasteiger partial charge >= 0.3 is 0 Å². The average molecular weight is 337 g/mol. The molecule has 0 aromatic heterocycles. The van der Waals surface area contributed by atoms with Crippen molar-refractivity contribution < 1.29 is 13.2 Å². The van der Waals surface area contributed by atoms with E-state index in [0.29, 0.717) is 5.75 Å². The van der Waals surface area contributed by atoms with Crippen LogP contribution in [-0.4, -0.2) is 32.0 Å². The van der Waals surface area contributed by atoms with E-state index in [9.17, 15) is 13.2 Å². The number of halogens is 1. The molecule has 0 aliphatic carbocycles. The van der Waals surface area contributed by atoms with E-state index in [-0.39, 0.29) is 18.0 Å². The highest BCUT2D eigenvalue weighted by Crippen LogP contribution is 2.26. The third kappa shape index (κ3) is 6.24. The average Bonchev–Trinajstić information content (AvgIpc) is 2.24. The fraction of sp³-hybridized carbons (Fsp3) is 0.364. The van der Waals surface area contributed by atoms with Crippen molar-refractivity contribution in [2.24, 2.45) is 0 Å². The van der Waals surface area contributed by atoms with Gasteiger partial charge in [0.2, 0.25) is 0 Å². The Morgan fingerprint density at radius 2 is 2.00 bits per heavy atom. The van der Waals surface area contributed by atoms with E-state index in [1.54, 1.807) is 0 Å². The summed E-state index contributed by atoms with van der Waals surface area (Å²) in [5.41, 5.74) is 0. The van der Waals surface area contributed by atoms with Crippen LogP contribution in [0.15, 0.2) is 33.6 Å². The van der Waals surface area contributed by atoms with Crippen molar-refractivity contribution in [1.82, 2.24) is 0 Å². The van der Waals surface area contributed by atoms with Crippen molar-refractivity contribution >= 4 is 43.3 Å². The number of thioether (sulfide) groups is 1. The lowest BCUT2D eigenvalue weighted by Crippen LogP contribution is -2.10. The molecule has 0 fully saturated rings. The van der Waals surface area contributed by atoms with Gasteiger partial charge < -0.3 is 0 Å². The van der Waals surface area contributed by atoms with E-state index in [4.69, 9.17) is 0 Å². The molecule has 1 aromatic carbocycles. The van der Waals surface area contributed by atoms with Crippen molar-refractivity contribution in [3.63, 3.8) is 0 Å². The minimum absolute atomic E-state index is 0.0452. The lowest BCUT2D eigenvalue weighted by atomic mass is 10.3. The molecule has 1 rings (SSSR count). The molecule has 3 nitrogen and oxygen atoms in total. The first-order chi connectivity index (χ1) is 7.88. The van der Waals surface area contributed by atoms with E-state index in [2.05, 4.69) is 15.9 Å². The molecule has 0 N–H and O–H groups in total. The van der Waals surface area contributed by atoms with Gasteiger partial charge in [0.1, 0.15) is 15.6 Å². The number of hydrogen-bond donors (Lipinski definition) is 0. The van der Waals surface area contributed by atoms with E-state index < -0.39 is 9.84 Å². The maximum absolute atomic E-state index is 11.5. The highest BCUT2D eigenvalue weighted by Gasteiger charge is 2.09. The van der Waals surface area contributed by atoms with Crippen molar-refractivity contribution in [2.45, 2.75) is 11.3 Å². The van der Waals surface area contributed by atoms with Crippen molar-refractivity contribution in [3.05, 3.63) is 28.7 Å². The van der Waals surface area contributed by atoms with Gasteiger partial charge in [0.15, 0.2) is 0 Å². The van der Waals surface area contributed by atoms with Crippen LogP contribution >= 0.6 is 27.7 Å². The molecule has 0 bridgehead atoms. The molecule has 0 radical (unpaired) electrons. The van der Waals surface area contributed by atoms with Crippen LogP contribution in [-0.2, 0) is 14.6 Å². The topological polar surface area (TPSA) is 51.2 Å². The monoisotopic (exact) mass is 336 g/mol. The van der Waals surface area contributed by atoms with Gasteiger partial charge in [0, 0.05) is 22.0 Å². The largest absolute Gasteiger partial charge is 0.299 e. The maximum atomic E-state index is 11.5. The number of sulfone groups is 1. The minimum atomic E-state index is -3.05. The molecule has 0 spiro atoms. The first-order valence-electron chi connectivity index (χ1n) is 4.95. The highest BCUT2D eigenvalue weighted by molar-refractivity contribution is 9.10. The molecule has 0 unspecified atom stereocenters. The van der Waals surface area contributed by atoms with Crippen molar-refractivity contribution in [3.8, 4) is 0 Å². The van der Waals surface area contributed by atoms with Gasteiger partial charge in [-0.15, -0.1) is 11.8 Å². The number of hydrogen-bond acceptors (Lipinski definition) is 4. The van der Waals surface area contributed by atoms with Crippen LogP contribution in [0.2, 0.25) is 0 Å². The Kier molecular flexibility index (Phi) is 5.69.